The van der Waals surface area contributed by atoms with Crippen molar-refractivity contribution in [1.82, 2.24) is 0 Å². The first kappa shape index (κ1) is 16.5. The van der Waals surface area contributed by atoms with Crippen molar-refractivity contribution in [1.29, 1.82) is 0 Å². The quantitative estimate of drug-likeness (QED) is 0.870. The van der Waals surface area contributed by atoms with Gasteiger partial charge in [-0.25, -0.2) is 0 Å². The van der Waals surface area contributed by atoms with Gasteiger partial charge in [0.15, 0.2) is 0 Å². The summed E-state index contributed by atoms with van der Waals surface area (Å²) < 4.78 is 5.15. The molecule has 0 aliphatic heterocycles. The van der Waals surface area contributed by atoms with E-state index in [-0.39, 0.29) is 11.3 Å². The molecule has 112 valence electrons. The van der Waals surface area contributed by atoms with Crippen molar-refractivity contribution >= 4 is 11.6 Å². The lowest BCUT2D eigenvalue weighted by Gasteiger charge is -2.27. The molecular formula is C16H26N2O2. The van der Waals surface area contributed by atoms with Gasteiger partial charge in [0.25, 0.3) is 0 Å². The minimum atomic E-state index is -0.0233. The number of hydrogen-bond donors (Lipinski definition) is 1. The van der Waals surface area contributed by atoms with E-state index in [4.69, 9.17) is 10.5 Å². The monoisotopic (exact) mass is 278 g/mol. The molecule has 0 aromatic heterocycles. The van der Waals surface area contributed by atoms with E-state index in [0.717, 1.165) is 17.9 Å². The Labute approximate surface area is 121 Å². The highest BCUT2D eigenvalue weighted by molar-refractivity contribution is 5.93. The highest BCUT2D eigenvalue weighted by Crippen LogP contribution is 2.24. The van der Waals surface area contributed by atoms with E-state index >= 15 is 0 Å². The second kappa shape index (κ2) is 7.29. The van der Waals surface area contributed by atoms with E-state index < -0.39 is 0 Å². The maximum atomic E-state index is 12.5. The Hall–Kier alpha value is -1.55. The lowest BCUT2D eigenvalue weighted by atomic mass is 9.91. The fourth-order valence-electron chi connectivity index (χ4n) is 1.96. The highest BCUT2D eigenvalue weighted by atomic mass is 16.5. The number of methoxy groups -OCH3 is 1. The molecule has 1 rings (SSSR count). The second-order valence-electron chi connectivity index (χ2n) is 6.12. The summed E-state index contributed by atoms with van der Waals surface area (Å²) >= 11 is 0. The topological polar surface area (TPSA) is 55.6 Å². The van der Waals surface area contributed by atoms with E-state index in [0.29, 0.717) is 19.5 Å². The Balaban J connectivity index is 2.89. The molecule has 1 aromatic carbocycles. The Morgan fingerprint density at radius 2 is 1.85 bits per heavy atom. The number of hydrogen-bond acceptors (Lipinski definition) is 3. The number of nitrogens with two attached hydrogens (primary N) is 1. The van der Waals surface area contributed by atoms with Crippen molar-refractivity contribution < 1.29 is 9.53 Å². The van der Waals surface area contributed by atoms with Gasteiger partial charge in [-0.05, 0) is 42.6 Å². The zero-order chi connectivity index (χ0) is 15.2. The van der Waals surface area contributed by atoms with Gasteiger partial charge in [0.1, 0.15) is 5.75 Å². The van der Waals surface area contributed by atoms with E-state index in [1.54, 1.807) is 7.11 Å². The van der Waals surface area contributed by atoms with Gasteiger partial charge in [0.05, 0.1) is 7.11 Å². The van der Waals surface area contributed by atoms with Gasteiger partial charge in [-0.3, -0.25) is 4.79 Å². The molecule has 0 fully saturated rings. The predicted octanol–water partition coefficient (Wildman–Crippen LogP) is 2.81. The van der Waals surface area contributed by atoms with Gasteiger partial charge in [0, 0.05) is 18.7 Å². The van der Waals surface area contributed by atoms with Crippen molar-refractivity contribution in [2.75, 3.05) is 25.1 Å². The van der Waals surface area contributed by atoms with Crippen LogP contribution in [0, 0.1) is 5.41 Å². The molecule has 0 aliphatic carbocycles. The van der Waals surface area contributed by atoms with Crippen LogP contribution in [0.1, 0.15) is 33.6 Å². The first-order valence-electron chi connectivity index (χ1n) is 7.02. The van der Waals surface area contributed by atoms with Crippen LogP contribution in [0.25, 0.3) is 0 Å². The third-order valence-electron chi connectivity index (χ3n) is 2.95. The van der Waals surface area contributed by atoms with Gasteiger partial charge >= 0.3 is 0 Å². The molecule has 20 heavy (non-hydrogen) atoms. The number of carbonyl (C=O) groups is 1. The summed E-state index contributed by atoms with van der Waals surface area (Å²) in [5.41, 5.74) is 6.44. The first-order chi connectivity index (χ1) is 9.37. The molecule has 0 spiro atoms. The Morgan fingerprint density at radius 1 is 1.25 bits per heavy atom. The van der Waals surface area contributed by atoms with Crippen LogP contribution in [0.5, 0.6) is 5.75 Å². The smallest absolute Gasteiger partial charge is 0.227 e. The number of carbonyl (C=O) groups excluding carboxylic acids is 1. The summed E-state index contributed by atoms with van der Waals surface area (Å²) in [6.45, 7) is 7.44. The first-order valence-corrected chi connectivity index (χ1v) is 7.02. The molecule has 0 bridgehead atoms. The highest BCUT2D eigenvalue weighted by Gasteiger charge is 2.22. The van der Waals surface area contributed by atoms with Crippen molar-refractivity contribution in [3.05, 3.63) is 24.3 Å². The maximum absolute atomic E-state index is 12.5. The van der Waals surface area contributed by atoms with Crippen LogP contribution in [-0.4, -0.2) is 26.1 Å². The number of nitrogens with zero attached hydrogens (tertiary/aromatic N) is 1. The number of rotatable bonds is 6. The zero-order valence-corrected chi connectivity index (χ0v) is 13.0. The molecule has 0 aliphatic rings. The van der Waals surface area contributed by atoms with Gasteiger partial charge in [-0.2, -0.15) is 0 Å². The van der Waals surface area contributed by atoms with Gasteiger partial charge in [-0.1, -0.05) is 20.8 Å². The fourth-order valence-corrected chi connectivity index (χ4v) is 1.96. The average Bonchev–Trinajstić information content (AvgIpc) is 2.38. The third kappa shape index (κ3) is 5.21. The molecule has 0 saturated carbocycles. The summed E-state index contributed by atoms with van der Waals surface area (Å²) in [5.74, 6) is 0.923. The normalized spacial score (nSPS) is 11.2. The number of amides is 1. The van der Waals surface area contributed by atoms with E-state index in [1.807, 2.05) is 29.2 Å². The van der Waals surface area contributed by atoms with E-state index in [1.165, 1.54) is 0 Å². The summed E-state index contributed by atoms with van der Waals surface area (Å²) in [6, 6.07) is 7.57. The van der Waals surface area contributed by atoms with Crippen molar-refractivity contribution in [2.45, 2.75) is 33.6 Å². The number of anilines is 1. The van der Waals surface area contributed by atoms with Crippen molar-refractivity contribution in [2.24, 2.45) is 11.1 Å². The van der Waals surface area contributed by atoms with Gasteiger partial charge < -0.3 is 15.4 Å². The van der Waals surface area contributed by atoms with Crippen LogP contribution in [0.3, 0.4) is 0 Å². The number of ether oxygens (including phenoxy) is 1. The molecule has 1 aromatic rings. The predicted molar refractivity (Wildman–Crippen MR) is 83.1 cm³/mol. The lowest BCUT2D eigenvalue weighted by Crippen LogP contribution is -2.35. The SMILES string of the molecule is COc1ccc(N(CCCN)C(=O)CC(C)(C)C)cc1. The van der Waals surface area contributed by atoms with Crippen LogP contribution in [0.4, 0.5) is 5.69 Å². The molecular weight excluding hydrogens is 252 g/mol. The molecule has 1 amide bonds. The Bertz CT molecular complexity index is 421. The van der Waals surface area contributed by atoms with Gasteiger partial charge in [-0.15, -0.1) is 0 Å². The minimum Gasteiger partial charge on any atom is -0.497 e. The van der Waals surface area contributed by atoms with Crippen molar-refractivity contribution in [3.8, 4) is 5.75 Å². The fraction of sp³-hybridized carbons (Fsp3) is 0.562. The maximum Gasteiger partial charge on any atom is 0.227 e. The minimum absolute atomic E-state index is 0.0233. The summed E-state index contributed by atoms with van der Waals surface area (Å²) in [6.07, 6.45) is 1.31. The lowest BCUT2D eigenvalue weighted by molar-refractivity contribution is -0.120. The molecule has 0 radical (unpaired) electrons. The van der Waals surface area contributed by atoms with Crippen molar-refractivity contribution in [3.63, 3.8) is 0 Å². The van der Waals surface area contributed by atoms with Crippen LogP contribution < -0.4 is 15.4 Å². The standard InChI is InChI=1S/C16H26N2O2/c1-16(2,3)12-15(19)18(11-5-10-17)13-6-8-14(20-4)9-7-13/h6-9H,5,10-12,17H2,1-4H3. The third-order valence-corrected chi connectivity index (χ3v) is 2.95. The van der Waals surface area contributed by atoms with Crippen LogP contribution in [-0.2, 0) is 4.79 Å². The second-order valence-corrected chi connectivity index (χ2v) is 6.12. The average molecular weight is 278 g/mol. The number of benzene rings is 1. The molecule has 0 atom stereocenters. The van der Waals surface area contributed by atoms with Crippen LogP contribution in [0.2, 0.25) is 0 Å². The van der Waals surface area contributed by atoms with E-state index in [2.05, 4.69) is 20.8 Å². The Kier molecular flexibility index (Phi) is 6.02. The van der Waals surface area contributed by atoms with Gasteiger partial charge in [0.2, 0.25) is 5.91 Å². The molecule has 2 N–H and O–H groups in total. The Morgan fingerprint density at radius 3 is 2.30 bits per heavy atom. The summed E-state index contributed by atoms with van der Waals surface area (Å²) in [7, 11) is 1.63. The molecule has 4 nitrogen and oxygen atoms in total. The molecule has 4 heteroatoms. The van der Waals surface area contributed by atoms with Crippen LogP contribution in [0.15, 0.2) is 24.3 Å². The molecule has 0 saturated heterocycles. The molecule has 0 unspecified atom stereocenters. The van der Waals surface area contributed by atoms with E-state index in [9.17, 15) is 4.79 Å². The largest absolute Gasteiger partial charge is 0.497 e. The van der Waals surface area contributed by atoms with Crippen LogP contribution >= 0.6 is 0 Å². The zero-order valence-electron chi connectivity index (χ0n) is 13.0. The summed E-state index contributed by atoms with van der Waals surface area (Å²) in [4.78, 5) is 14.3. The summed E-state index contributed by atoms with van der Waals surface area (Å²) in [5, 5.41) is 0. The molecule has 0 heterocycles.